The quantitative estimate of drug-likeness (QED) is 0.141. The van der Waals surface area contributed by atoms with Crippen molar-refractivity contribution in [3.63, 3.8) is 0 Å². The number of hydrogen-bond acceptors (Lipinski definition) is 2. The molecular weight excluding hydrogens is 298 g/mol. The average molecular weight is 338 g/mol. The van der Waals surface area contributed by atoms with Crippen molar-refractivity contribution in [3.05, 3.63) is 12.7 Å². The third kappa shape index (κ3) is 18.7. The van der Waals surface area contributed by atoms with Crippen LogP contribution in [0, 0.1) is 5.41 Å². The first-order valence-corrected chi connectivity index (χ1v) is 9.90. The highest BCUT2D eigenvalue weighted by Crippen LogP contribution is 2.13. The number of rotatable bonds is 18. The topological polar surface area (TPSA) is 79.0 Å². The van der Waals surface area contributed by atoms with Crippen LogP contribution in [0.1, 0.15) is 96.3 Å². The maximum Gasteiger partial charge on any atom is 0.243 e. The normalized spacial score (nSPS) is 10.5. The van der Waals surface area contributed by atoms with Crippen LogP contribution in [0.5, 0.6) is 0 Å². The second-order valence-corrected chi connectivity index (χ2v) is 6.72. The predicted octanol–water partition coefficient (Wildman–Crippen LogP) is 5.08. The maximum absolute atomic E-state index is 10.9. The lowest BCUT2D eigenvalue weighted by atomic mass is 10.0. The number of carbonyl (C=O) groups is 1. The van der Waals surface area contributed by atoms with Gasteiger partial charge < -0.3 is 11.1 Å². The van der Waals surface area contributed by atoms with Crippen LogP contribution < -0.4 is 11.1 Å². The Kier molecular flexibility index (Phi) is 17.0. The molecule has 0 radical (unpaired) electrons. The van der Waals surface area contributed by atoms with Gasteiger partial charge in [-0.2, -0.15) is 0 Å². The van der Waals surface area contributed by atoms with Crippen LogP contribution in [-0.2, 0) is 4.79 Å². The Bertz CT molecular complexity index is 329. The standard InChI is InChI=1S/C20H39N3O/c1-2-20(24)23-18-16-14-12-10-8-6-4-3-5-7-9-11-13-15-17-19(21)22/h2H,1,3-18H2,(H3,21,22)(H,23,24). The van der Waals surface area contributed by atoms with Crippen LogP contribution in [0.2, 0.25) is 0 Å². The largest absolute Gasteiger partial charge is 0.388 e. The summed E-state index contributed by atoms with van der Waals surface area (Å²) in [4.78, 5) is 10.9. The van der Waals surface area contributed by atoms with Crippen LogP contribution in [0.3, 0.4) is 0 Å². The van der Waals surface area contributed by atoms with E-state index in [1.54, 1.807) is 0 Å². The minimum absolute atomic E-state index is 0.0638. The van der Waals surface area contributed by atoms with E-state index in [0.717, 1.165) is 25.8 Å². The van der Waals surface area contributed by atoms with Crippen LogP contribution >= 0.6 is 0 Å². The minimum Gasteiger partial charge on any atom is -0.388 e. The van der Waals surface area contributed by atoms with Crippen LogP contribution in [0.25, 0.3) is 0 Å². The molecule has 0 aromatic carbocycles. The van der Waals surface area contributed by atoms with E-state index in [-0.39, 0.29) is 5.91 Å². The maximum atomic E-state index is 10.9. The summed E-state index contributed by atoms with van der Waals surface area (Å²) in [5, 5.41) is 9.97. The molecule has 24 heavy (non-hydrogen) atoms. The Morgan fingerprint density at radius 3 is 1.54 bits per heavy atom. The Hall–Kier alpha value is -1.32. The highest BCUT2D eigenvalue weighted by Gasteiger charge is 1.96. The first kappa shape index (κ1) is 22.7. The van der Waals surface area contributed by atoms with Gasteiger partial charge in [-0.25, -0.2) is 0 Å². The third-order valence-electron chi connectivity index (χ3n) is 4.36. The van der Waals surface area contributed by atoms with E-state index in [2.05, 4.69) is 11.9 Å². The smallest absolute Gasteiger partial charge is 0.243 e. The van der Waals surface area contributed by atoms with E-state index >= 15 is 0 Å². The van der Waals surface area contributed by atoms with Crippen molar-refractivity contribution >= 4 is 11.7 Å². The molecule has 140 valence electrons. The molecule has 1 amide bonds. The molecular formula is C20H39N3O. The molecule has 0 aromatic heterocycles. The van der Waals surface area contributed by atoms with Crippen molar-refractivity contribution in [2.45, 2.75) is 96.3 Å². The van der Waals surface area contributed by atoms with E-state index in [0.29, 0.717) is 5.84 Å². The summed E-state index contributed by atoms with van der Waals surface area (Å²) in [6, 6.07) is 0. The molecule has 0 bridgehead atoms. The summed E-state index contributed by atoms with van der Waals surface area (Å²) in [5.41, 5.74) is 5.33. The Balaban J connectivity index is 3.04. The summed E-state index contributed by atoms with van der Waals surface area (Å²) in [7, 11) is 0. The van der Waals surface area contributed by atoms with E-state index in [1.165, 1.54) is 83.1 Å². The number of nitrogens with one attached hydrogen (secondary N) is 2. The minimum atomic E-state index is -0.0638. The molecule has 4 N–H and O–H groups in total. The monoisotopic (exact) mass is 337 g/mol. The SMILES string of the molecule is C=CC(=O)NCCCCCCCCCCCCCCCCC(=N)N. The number of unbranched alkanes of at least 4 members (excludes halogenated alkanes) is 13. The Morgan fingerprint density at radius 2 is 1.17 bits per heavy atom. The van der Waals surface area contributed by atoms with E-state index < -0.39 is 0 Å². The van der Waals surface area contributed by atoms with Gasteiger partial charge in [-0.05, 0) is 18.9 Å². The highest BCUT2D eigenvalue weighted by atomic mass is 16.1. The summed E-state index contributed by atoms with van der Waals surface area (Å²) < 4.78 is 0. The molecule has 0 aliphatic rings. The van der Waals surface area contributed by atoms with Gasteiger partial charge in [0, 0.05) is 13.0 Å². The van der Waals surface area contributed by atoms with Gasteiger partial charge in [0.15, 0.2) is 0 Å². The third-order valence-corrected chi connectivity index (χ3v) is 4.36. The fourth-order valence-corrected chi connectivity index (χ4v) is 2.85. The molecule has 0 aliphatic carbocycles. The molecule has 4 heteroatoms. The van der Waals surface area contributed by atoms with Crippen molar-refractivity contribution < 1.29 is 4.79 Å². The lowest BCUT2D eigenvalue weighted by Crippen LogP contribution is -2.21. The van der Waals surface area contributed by atoms with Crippen molar-refractivity contribution in [1.82, 2.24) is 5.32 Å². The van der Waals surface area contributed by atoms with Crippen molar-refractivity contribution in [1.29, 1.82) is 5.41 Å². The lowest BCUT2D eigenvalue weighted by molar-refractivity contribution is -0.116. The molecule has 0 fully saturated rings. The van der Waals surface area contributed by atoms with Gasteiger partial charge in [-0.15, -0.1) is 0 Å². The number of carbonyl (C=O) groups excluding carboxylic acids is 1. The van der Waals surface area contributed by atoms with Crippen LogP contribution in [-0.4, -0.2) is 18.3 Å². The summed E-state index contributed by atoms with van der Waals surface area (Å²) in [5.74, 6) is 0.264. The van der Waals surface area contributed by atoms with Crippen molar-refractivity contribution in [2.24, 2.45) is 5.73 Å². The summed E-state index contributed by atoms with van der Waals surface area (Å²) in [6.45, 7) is 4.21. The molecule has 0 aliphatic heterocycles. The zero-order valence-corrected chi connectivity index (χ0v) is 15.6. The molecule has 0 spiro atoms. The Morgan fingerprint density at radius 1 is 0.792 bits per heavy atom. The van der Waals surface area contributed by atoms with Gasteiger partial charge in [0.25, 0.3) is 0 Å². The molecule has 4 nitrogen and oxygen atoms in total. The average Bonchev–Trinajstić information content (AvgIpc) is 2.57. The fourth-order valence-electron chi connectivity index (χ4n) is 2.85. The van der Waals surface area contributed by atoms with Gasteiger partial charge in [0.05, 0.1) is 5.84 Å². The zero-order valence-electron chi connectivity index (χ0n) is 15.6. The molecule has 0 rings (SSSR count). The Labute approximate surface area is 149 Å². The molecule has 0 saturated carbocycles. The summed E-state index contributed by atoms with van der Waals surface area (Å²) >= 11 is 0. The first-order chi connectivity index (χ1) is 11.7. The van der Waals surface area contributed by atoms with Gasteiger partial charge in [-0.1, -0.05) is 83.6 Å². The van der Waals surface area contributed by atoms with Crippen molar-refractivity contribution in [2.75, 3.05) is 6.54 Å². The van der Waals surface area contributed by atoms with Gasteiger partial charge in [0.1, 0.15) is 0 Å². The molecule has 0 unspecified atom stereocenters. The van der Waals surface area contributed by atoms with Crippen molar-refractivity contribution in [3.8, 4) is 0 Å². The second kappa shape index (κ2) is 18.0. The van der Waals surface area contributed by atoms with E-state index in [4.69, 9.17) is 11.1 Å². The number of amides is 1. The number of hydrogen-bond donors (Lipinski definition) is 3. The van der Waals surface area contributed by atoms with Gasteiger partial charge in [0.2, 0.25) is 5.91 Å². The predicted molar refractivity (Wildman–Crippen MR) is 104 cm³/mol. The zero-order chi connectivity index (χ0) is 17.9. The lowest BCUT2D eigenvalue weighted by Gasteiger charge is -2.04. The van der Waals surface area contributed by atoms with E-state index in [1.807, 2.05) is 0 Å². The van der Waals surface area contributed by atoms with Crippen LogP contribution in [0.15, 0.2) is 12.7 Å². The molecule has 0 heterocycles. The first-order valence-electron chi connectivity index (χ1n) is 9.90. The molecule has 0 aromatic rings. The molecule has 0 atom stereocenters. The molecule has 0 saturated heterocycles. The second-order valence-electron chi connectivity index (χ2n) is 6.72. The highest BCUT2D eigenvalue weighted by molar-refractivity contribution is 5.86. The van der Waals surface area contributed by atoms with Crippen LogP contribution in [0.4, 0.5) is 0 Å². The number of nitrogens with two attached hydrogens (primary N) is 1. The van der Waals surface area contributed by atoms with E-state index in [9.17, 15) is 4.79 Å². The fraction of sp³-hybridized carbons (Fsp3) is 0.800. The van der Waals surface area contributed by atoms with Gasteiger partial charge >= 0.3 is 0 Å². The summed E-state index contributed by atoms with van der Waals surface area (Å²) in [6.07, 6.45) is 20.1. The van der Waals surface area contributed by atoms with Gasteiger partial charge in [-0.3, -0.25) is 10.2 Å². The number of amidine groups is 1.